The maximum atomic E-state index is 10.4. The van der Waals surface area contributed by atoms with Crippen LogP contribution in [0.4, 0.5) is 17.8 Å². The van der Waals surface area contributed by atoms with E-state index < -0.39 is 24.7 Å². The van der Waals surface area contributed by atoms with Crippen LogP contribution in [0.3, 0.4) is 0 Å². The first kappa shape index (κ1) is 31.3. The fraction of sp³-hybridized carbons (Fsp3) is 0.880. The summed E-state index contributed by atoms with van der Waals surface area (Å²) in [6.45, 7) is 17.8. The number of nitrogens with one attached hydrogen (secondary N) is 3. The van der Waals surface area contributed by atoms with Crippen LogP contribution in [0.2, 0.25) is 0 Å². The third kappa shape index (κ3) is 13.2. The number of aliphatic hydroxyl groups excluding tert-OH is 4. The normalized spacial score (nSPS) is 16.4. The molecular formula is C25H50N6O4. The van der Waals surface area contributed by atoms with Gasteiger partial charge in [0.2, 0.25) is 17.8 Å². The third-order valence-corrected chi connectivity index (χ3v) is 5.62. The van der Waals surface area contributed by atoms with Gasteiger partial charge in [-0.1, -0.05) is 41.5 Å². The van der Waals surface area contributed by atoms with Crippen LogP contribution in [-0.4, -0.2) is 65.6 Å². The molecule has 7 N–H and O–H groups in total. The fourth-order valence-corrected chi connectivity index (χ4v) is 3.21. The van der Waals surface area contributed by atoms with Crippen molar-refractivity contribution in [2.24, 2.45) is 10.8 Å². The summed E-state index contributed by atoms with van der Waals surface area (Å²) in [7, 11) is 0. The van der Waals surface area contributed by atoms with E-state index in [2.05, 4.69) is 30.9 Å². The second-order valence-electron chi connectivity index (χ2n) is 12.6. The lowest BCUT2D eigenvalue weighted by Gasteiger charge is -2.26. The minimum absolute atomic E-state index is 0.175. The van der Waals surface area contributed by atoms with Crippen LogP contribution in [0.5, 0.6) is 0 Å². The Balaban J connectivity index is 2.79. The van der Waals surface area contributed by atoms with Gasteiger partial charge in [-0.3, -0.25) is 0 Å². The predicted molar refractivity (Wildman–Crippen MR) is 141 cm³/mol. The largest absolute Gasteiger partial charge is 0.393 e. The van der Waals surface area contributed by atoms with Gasteiger partial charge in [-0.15, -0.1) is 0 Å². The molecule has 1 aromatic rings. The monoisotopic (exact) mass is 498 g/mol. The second-order valence-corrected chi connectivity index (χ2v) is 12.6. The van der Waals surface area contributed by atoms with Crippen LogP contribution in [-0.2, 0) is 0 Å². The Morgan fingerprint density at radius 1 is 0.571 bits per heavy atom. The zero-order chi connectivity index (χ0) is 27.0. The van der Waals surface area contributed by atoms with Crippen LogP contribution in [0.25, 0.3) is 0 Å². The topological polar surface area (TPSA) is 156 Å². The van der Waals surface area contributed by atoms with Gasteiger partial charge in [-0.2, -0.15) is 15.0 Å². The van der Waals surface area contributed by atoms with Crippen molar-refractivity contribution in [1.29, 1.82) is 0 Å². The number of rotatable bonds is 13. The molecule has 35 heavy (non-hydrogen) atoms. The Morgan fingerprint density at radius 3 is 1.23 bits per heavy atom. The smallest absolute Gasteiger partial charge is 0.231 e. The molecule has 1 rings (SSSR count). The Morgan fingerprint density at radius 2 is 0.914 bits per heavy atom. The molecule has 0 aliphatic carbocycles. The molecule has 4 atom stereocenters. The van der Waals surface area contributed by atoms with Gasteiger partial charge in [0.25, 0.3) is 0 Å². The van der Waals surface area contributed by atoms with Crippen molar-refractivity contribution >= 4 is 17.8 Å². The Hall–Kier alpha value is -1.75. The minimum atomic E-state index is -0.899. The molecule has 1 heterocycles. The number of aromatic nitrogens is 3. The van der Waals surface area contributed by atoms with Crippen molar-refractivity contribution in [2.45, 2.75) is 131 Å². The van der Waals surface area contributed by atoms with Crippen molar-refractivity contribution in [3.05, 3.63) is 0 Å². The number of anilines is 3. The lowest BCUT2D eigenvalue weighted by molar-refractivity contribution is 0.0502. The van der Waals surface area contributed by atoms with Crippen molar-refractivity contribution < 1.29 is 20.4 Å². The summed E-state index contributed by atoms with van der Waals surface area (Å²) in [5.41, 5.74) is -0.710. The van der Waals surface area contributed by atoms with Crippen LogP contribution >= 0.6 is 0 Å². The van der Waals surface area contributed by atoms with E-state index in [-0.39, 0.29) is 28.3 Å². The van der Waals surface area contributed by atoms with Crippen LogP contribution in [0.15, 0.2) is 0 Å². The van der Waals surface area contributed by atoms with Gasteiger partial charge in [0.1, 0.15) is 12.5 Å². The van der Waals surface area contributed by atoms with E-state index in [9.17, 15) is 20.4 Å². The van der Waals surface area contributed by atoms with E-state index >= 15 is 0 Å². The highest BCUT2D eigenvalue weighted by Crippen LogP contribution is 2.25. The lowest BCUT2D eigenvalue weighted by Crippen LogP contribution is -2.30. The van der Waals surface area contributed by atoms with Crippen LogP contribution in [0, 0.1) is 10.8 Å². The van der Waals surface area contributed by atoms with Gasteiger partial charge >= 0.3 is 0 Å². The molecule has 0 amide bonds. The summed E-state index contributed by atoms with van der Waals surface area (Å²) in [6.07, 6.45) is 0.576. The summed E-state index contributed by atoms with van der Waals surface area (Å²) < 4.78 is 0. The molecule has 10 nitrogen and oxygen atoms in total. The molecular weight excluding hydrogens is 448 g/mol. The average Bonchev–Trinajstić information content (AvgIpc) is 2.64. The van der Waals surface area contributed by atoms with Gasteiger partial charge in [0, 0.05) is 5.54 Å². The van der Waals surface area contributed by atoms with E-state index in [0.29, 0.717) is 44.5 Å². The van der Waals surface area contributed by atoms with E-state index in [0.717, 1.165) is 0 Å². The highest BCUT2D eigenvalue weighted by molar-refractivity contribution is 5.43. The summed E-state index contributed by atoms with van der Waals surface area (Å²) in [6, 6.07) is 0. The first-order chi connectivity index (χ1) is 15.9. The van der Waals surface area contributed by atoms with E-state index in [1.54, 1.807) is 0 Å². The first-order valence-corrected chi connectivity index (χ1v) is 12.7. The van der Waals surface area contributed by atoms with Gasteiger partial charge < -0.3 is 36.4 Å². The number of hydrogen-bond donors (Lipinski definition) is 7. The summed E-state index contributed by atoms with van der Waals surface area (Å²) in [5.74, 6) is 0.658. The van der Waals surface area contributed by atoms with Crippen molar-refractivity contribution in [2.75, 3.05) is 16.0 Å². The third-order valence-electron chi connectivity index (χ3n) is 5.62. The average molecular weight is 499 g/mol. The summed E-state index contributed by atoms with van der Waals surface area (Å²) >= 11 is 0. The molecule has 204 valence electrons. The maximum absolute atomic E-state index is 10.4. The van der Waals surface area contributed by atoms with Gasteiger partial charge in [-0.05, 0) is 70.1 Å². The van der Waals surface area contributed by atoms with E-state index in [1.807, 2.05) is 62.3 Å². The molecule has 1 aromatic heterocycles. The molecule has 0 aliphatic heterocycles. The van der Waals surface area contributed by atoms with Crippen LogP contribution < -0.4 is 16.0 Å². The zero-order valence-corrected chi connectivity index (χ0v) is 23.2. The van der Waals surface area contributed by atoms with Gasteiger partial charge in [0.15, 0.2) is 0 Å². The molecule has 0 radical (unpaired) electrons. The molecule has 10 heteroatoms. The Labute approximate surface area is 211 Å². The number of nitrogens with zero attached hydrogens (tertiary/aromatic N) is 3. The maximum Gasteiger partial charge on any atom is 0.231 e. The molecule has 0 saturated carbocycles. The molecule has 0 bridgehead atoms. The van der Waals surface area contributed by atoms with Crippen LogP contribution in [0.1, 0.15) is 101 Å². The highest BCUT2D eigenvalue weighted by Gasteiger charge is 2.23. The van der Waals surface area contributed by atoms with Gasteiger partial charge in [-0.25, -0.2) is 0 Å². The lowest BCUT2D eigenvalue weighted by atomic mass is 9.86. The Kier molecular flexibility index (Phi) is 11.6. The standard InChI is InChI=1S/C25H50N6O4/c1-23(2,3)16(32)12-10-14-18(34)26-20-28-21(30-22(29-20)31-25(7,8)9)27-19(35)15-11-13-17(33)24(4,5)6/h16-19,32-35H,10-15H2,1-9H3,(H3,26,27,28,29,30,31). The Bertz CT molecular complexity index is 706. The van der Waals surface area contributed by atoms with Crippen molar-refractivity contribution in [3.63, 3.8) is 0 Å². The quantitative estimate of drug-likeness (QED) is 0.200. The minimum Gasteiger partial charge on any atom is -0.393 e. The molecule has 4 unspecified atom stereocenters. The summed E-state index contributed by atoms with van der Waals surface area (Å²) in [5, 5.41) is 50.2. The molecule has 0 spiro atoms. The number of hydrogen-bond acceptors (Lipinski definition) is 10. The van der Waals surface area contributed by atoms with Crippen molar-refractivity contribution in [1.82, 2.24) is 15.0 Å². The molecule has 0 aromatic carbocycles. The second kappa shape index (κ2) is 13.0. The van der Waals surface area contributed by atoms with E-state index in [1.165, 1.54) is 0 Å². The van der Waals surface area contributed by atoms with E-state index in [4.69, 9.17) is 0 Å². The van der Waals surface area contributed by atoms with Gasteiger partial charge in [0.05, 0.1) is 12.2 Å². The SMILES string of the molecule is CC(C)(C)Nc1nc(NC(O)CCCC(O)C(C)(C)C)nc(NC(O)CCCC(O)C(C)(C)C)n1. The highest BCUT2D eigenvalue weighted by atomic mass is 16.3. The molecule has 0 aliphatic rings. The molecule has 0 saturated heterocycles. The predicted octanol–water partition coefficient (Wildman–Crippen LogP) is 3.70. The first-order valence-electron chi connectivity index (χ1n) is 12.7. The molecule has 0 fully saturated rings. The fourth-order valence-electron chi connectivity index (χ4n) is 3.21. The van der Waals surface area contributed by atoms with Crippen molar-refractivity contribution in [3.8, 4) is 0 Å². The number of aliphatic hydroxyl groups is 4. The summed E-state index contributed by atoms with van der Waals surface area (Å²) in [4.78, 5) is 13.0. The zero-order valence-electron chi connectivity index (χ0n) is 23.2.